The monoisotopic (exact) mass is 191 g/mol. The fraction of sp³-hybridized carbons (Fsp3) is 0.500. The number of aliphatic hydroxyl groups excluding tert-OH is 1. The number of nitrogens with zero attached hydrogens (tertiary/aromatic N) is 1. The SMILES string of the molecule is C[C@H](CO)N1CC(c2ccccc2)C1. The van der Waals surface area contributed by atoms with E-state index in [0.29, 0.717) is 12.0 Å². The molecule has 0 radical (unpaired) electrons. The molecular formula is C12H17NO. The van der Waals surface area contributed by atoms with Crippen LogP contribution in [0.4, 0.5) is 0 Å². The van der Waals surface area contributed by atoms with Crippen LogP contribution in [0.1, 0.15) is 18.4 Å². The molecule has 0 bridgehead atoms. The van der Waals surface area contributed by atoms with Crippen molar-refractivity contribution in [3.63, 3.8) is 0 Å². The van der Waals surface area contributed by atoms with E-state index in [2.05, 4.69) is 42.2 Å². The minimum atomic E-state index is 0.265. The van der Waals surface area contributed by atoms with Gasteiger partial charge < -0.3 is 5.11 Å². The maximum atomic E-state index is 8.99. The third-order valence-electron chi connectivity index (χ3n) is 3.07. The van der Waals surface area contributed by atoms with Gasteiger partial charge in [-0.3, -0.25) is 4.90 Å². The van der Waals surface area contributed by atoms with Crippen molar-refractivity contribution in [2.75, 3.05) is 19.7 Å². The number of likely N-dealkylation sites (tertiary alicyclic amines) is 1. The van der Waals surface area contributed by atoms with Gasteiger partial charge in [0.05, 0.1) is 6.61 Å². The third-order valence-corrected chi connectivity index (χ3v) is 3.07. The molecule has 2 rings (SSSR count). The van der Waals surface area contributed by atoms with Gasteiger partial charge in [-0.1, -0.05) is 30.3 Å². The maximum Gasteiger partial charge on any atom is 0.0584 e. The molecule has 1 aromatic rings. The van der Waals surface area contributed by atoms with Gasteiger partial charge in [0.1, 0.15) is 0 Å². The predicted octanol–water partition coefficient (Wildman–Crippen LogP) is 1.47. The lowest BCUT2D eigenvalue weighted by Gasteiger charge is -2.42. The van der Waals surface area contributed by atoms with E-state index in [0.717, 1.165) is 13.1 Å². The van der Waals surface area contributed by atoms with E-state index in [1.807, 2.05) is 0 Å². The highest BCUT2D eigenvalue weighted by atomic mass is 16.3. The minimum absolute atomic E-state index is 0.265. The summed E-state index contributed by atoms with van der Waals surface area (Å²) in [6.07, 6.45) is 0. The van der Waals surface area contributed by atoms with E-state index < -0.39 is 0 Å². The van der Waals surface area contributed by atoms with Gasteiger partial charge in [0.2, 0.25) is 0 Å². The second kappa shape index (κ2) is 4.11. The lowest BCUT2D eigenvalue weighted by molar-refractivity contribution is 0.0630. The Kier molecular flexibility index (Phi) is 2.85. The molecule has 1 fully saturated rings. The first-order valence-corrected chi connectivity index (χ1v) is 5.21. The van der Waals surface area contributed by atoms with Crippen LogP contribution in [0.25, 0.3) is 0 Å². The standard InChI is InChI=1S/C12H17NO/c1-10(9-14)13-7-12(8-13)11-5-3-2-4-6-11/h2-6,10,12,14H,7-9H2,1H3/t10-/m1/s1. The van der Waals surface area contributed by atoms with Gasteiger partial charge in [0.25, 0.3) is 0 Å². The van der Waals surface area contributed by atoms with Crippen molar-refractivity contribution in [1.82, 2.24) is 4.90 Å². The van der Waals surface area contributed by atoms with Crippen LogP contribution in [0.15, 0.2) is 30.3 Å². The molecule has 2 heteroatoms. The first-order valence-electron chi connectivity index (χ1n) is 5.21. The highest BCUT2D eigenvalue weighted by Gasteiger charge is 2.30. The Balaban J connectivity index is 1.89. The number of hydrogen-bond acceptors (Lipinski definition) is 2. The normalized spacial score (nSPS) is 20.4. The van der Waals surface area contributed by atoms with E-state index in [-0.39, 0.29) is 6.61 Å². The minimum Gasteiger partial charge on any atom is -0.395 e. The molecule has 14 heavy (non-hydrogen) atoms. The molecule has 1 saturated heterocycles. The van der Waals surface area contributed by atoms with Crippen molar-refractivity contribution < 1.29 is 5.11 Å². The van der Waals surface area contributed by atoms with E-state index >= 15 is 0 Å². The molecule has 0 amide bonds. The first kappa shape index (κ1) is 9.69. The molecule has 1 N–H and O–H groups in total. The van der Waals surface area contributed by atoms with Gasteiger partial charge in [-0.05, 0) is 12.5 Å². The van der Waals surface area contributed by atoms with Gasteiger partial charge in [0, 0.05) is 25.0 Å². The zero-order chi connectivity index (χ0) is 9.97. The lowest BCUT2D eigenvalue weighted by atomic mass is 9.90. The van der Waals surface area contributed by atoms with Gasteiger partial charge in [-0.15, -0.1) is 0 Å². The number of benzene rings is 1. The Hall–Kier alpha value is -0.860. The Bertz CT molecular complexity index is 280. The van der Waals surface area contributed by atoms with Crippen LogP contribution in [0.2, 0.25) is 0 Å². The molecule has 1 heterocycles. The molecule has 1 aliphatic heterocycles. The molecule has 1 atom stereocenters. The second-order valence-electron chi connectivity index (χ2n) is 4.09. The summed E-state index contributed by atoms with van der Waals surface area (Å²) in [6.45, 7) is 4.51. The summed E-state index contributed by atoms with van der Waals surface area (Å²) in [5.74, 6) is 0.671. The van der Waals surface area contributed by atoms with Crippen molar-refractivity contribution in [2.45, 2.75) is 18.9 Å². The van der Waals surface area contributed by atoms with Gasteiger partial charge in [0.15, 0.2) is 0 Å². The molecule has 1 aliphatic rings. The molecule has 1 aromatic carbocycles. The van der Waals surface area contributed by atoms with Crippen molar-refractivity contribution in [3.05, 3.63) is 35.9 Å². The van der Waals surface area contributed by atoms with Crippen molar-refractivity contribution in [3.8, 4) is 0 Å². The zero-order valence-electron chi connectivity index (χ0n) is 8.56. The highest BCUT2D eigenvalue weighted by molar-refractivity contribution is 5.22. The van der Waals surface area contributed by atoms with Crippen molar-refractivity contribution in [2.24, 2.45) is 0 Å². The van der Waals surface area contributed by atoms with E-state index in [1.54, 1.807) is 0 Å². The average molecular weight is 191 g/mol. The summed E-state index contributed by atoms with van der Waals surface area (Å²) in [4.78, 5) is 2.32. The summed E-state index contributed by atoms with van der Waals surface area (Å²) in [7, 11) is 0. The van der Waals surface area contributed by atoms with Crippen molar-refractivity contribution in [1.29, 1.82) is 0 Å². The molecule has 0 aliphatic carbocycles. The van der Waals surface area contributed by atoms with Crippen LogP contribution in [0.5, 0.6) is 0 Å². The molecule has 0 spiro atoms. The lowest BCUT2D eigenvalue weighted by Crippen LogP contribution is -2.50. The molecule has 0 saturated carbocycles. The quantitative estimate of drug-likeness (QED) is 0.782. The van der Waals surface area contributed by atoms with Crippen LogP contribution in [-0.4, -0.2) is 35.7 Å². The highest BCUT2D eigenvalue weighted by Crippen LogP contribution is 2.27. The molecular weight excluding hydrogens is 174 g/mol. The number of rotatable bonds is 3. The van der Waals surface area contributed by atoms with E-state index in [9.17, 15) is 0 Å². The number of hydrogen-bond donors (Lipinski definition) is 1. The summed E-state index contributed by atoms with van der Waals surface area (Å²) in [5.41, 5.74) is 1.42. The summed E-state index contributed by atoms with van der Waals surface area (Å²) >= 11 is 0. The van der Waals surface area contributed by atoms with Crippen LogP contribution in [0, 0.1) is 0 Å². The van der Waals surface area contributed by atoms with Gasteiger partial charge in [-0.25, -0.2) is 0 Å². The largest absolute Gasteiger partial charge is 0.395 e. The zero-order valence-corrected chi connectivity index (χ0v) is 8.56. The van der Waals surface area contributed by atoms with Gasteiger partial charge >= 0.3 is 0 Å². The smallest absolute Gasteiger partial charge is 0.0584 e. The summed E-state index contributed by atoms with van der Waals surface area (Å²) in [6, 6.07) is 10.9. The first-order chi connectivity index (χ1) is 6.81. The fourth-order valence-electron chi connectivity index (χ4n) is 1.92. The Morgan fingerprint density at radius 2 is 2.00 bits per heavy atom. The Morgan fingerprint density at radius 1 is 1.36 bits per heavy atom. The average Bonchev–Trinajstić information content (AvgIpc) is 2.17. The maximum absolute atomic E-state index is 8.99. The summed E-state index contributed by atoms with van der Waals surface area (Å²) < 4.78 is 0. The van der Waals surface area contributed by atoms with Crippen LogP contribution in [0.3, 0.4) is 0 Å². The van der Waals surface area contributed by atoms with Crippen LogP contribution >= 0.6 is 0 Å². The van der Waals surface area contributed by atoms with Crippen LogP contribution < -0.4 is 0 Å². The molecule has 0 unspecified atom stereocenters. The molecule has 0 aromatic heterocycles. The van der Waals surface area contributed by atoms with Crippen LogP contribution in [-0.2, 0) is 0 Å². The van der Waals surface area contributed by atoms with Crippen molar-refractivity contribution >= 4 is 0 Å². The van der Waals surface area contributed by atoms with Gasteiger partial charge in [-0.2, -0.15) is 0 Å². The second-order valence-corrected chi connectivity index (χ2v) is 4.09. The number of aliphatic hydroxyl groups is 1. The summed E-state index contributed by atoms with van der Waals surface area (Å²) in [5, 5.41) is 8.99. The Labute approximate surface area is 85.2 Å². The topological polar surface area (TPSA) is 23.5 Å². The molecule has 76 valence electrons. The van der Waals surface area contributed by atoms with E-state index in [1.165, 1.54) is 5.56 Å². The Morgan fingerprint density at radius 3 is 2.57 bits per heavy atom. The third kappa shape index (κ3) is 1.81. The predicted molar refractivity (Wildman–Crippen MR) is 57.3 cm³/mol. The molecule has 2 nitrogen and oxygen atoms in total. The fourth-order valence-corrected chi connectivity index (χ4v) is 1.92. The van der Waals surface area contributed by atoms with E-state index in [4.69, 9.17) is 5.11 Å².